The predicted molar refractivity (Wildman–Crippen MR) is 120 cm³/mol. The van der Waals surface area contributed by atoms with E-state index in [2.05, 4.69) is 11.4 Å². The molecule has 1 aromatic heterocycles. The molecule has 1 unspecified atom stereocenters. The van der Waals surface area contributed by atoms with Crippen molar-refractivity contribution in [2.75, 3.05) is 49.6 Å². The normalized spacial score (nSPS) is 19.5. The number of anilines is 2. The largest absolute Gasteiger partial charge is 0.477 e. The lowest BCUT2D eigenvalue weighted by Crippen LogP contribution is -2.53. The molecule has 1 fully saturated rings. The summed E-state index contributed by atoms with van der Waals surface area (Å²) >= 11 is 1.50. The molecule has 32 heavy (non-hydrogen) atoms. The summed E-state index contributed by atoms with van der Waals surface area (Å²) in [4.78, 5) is 30.8. The van der Waals surface area contributed by atoms with Crippen LogP contribution in [0.15, 0.2) is 24.3 Å². The number of nitrogens with one attached hydrogen (secondary N) is 1. The lowest BCUT2D eigenvalue weighted by molar-refractivity contribution is -0.142. The number of rotatable bonds is 4. The Kier molecular flexibility index (Phi) is 5.72. The van der Waals surface area contributed by atoms with Gasteiger partial charge in [0.25, 0.3) is 5.91 Å². The first-order valence-corrected chi connectivity index (χ1v) is 11.7. The molecule has 2 aromatic rings. The lowest BCUT2D eigenvalue weighted by Gasteiger charge is -2.38. The number of hydrogen-bond donors (Lipinski definition) is 1. The van der Waals surface area contributed by atoms with Gasteiger partial charge in [-0.2, -0.15) is 5.26 Å². The monoisotopic (exact) mass is 452 g/mol. The van der Waals surface area contributed by atoms with Gasteiger partial charge in [0.1, 0.15) is 16.8 Å². The van der Waals surface area contributed by atoms with E-state index in [4.69, 9.17) is 9.47 Å². The first-order valence-electron chi connectivity index (χ1n) is 10.9. The molecule has 3 heterocycles. The van der Waals surface area contributed by atoms with E-state index >= 15 is 0 Å². The zero-order valence-electron chi connectivity index (χ0n) is 17.6. The van der Waals surface area contributed by atoms with Crippen molar-refractivity contribution in [1.29, 1.82) is 5.26 Å². The molecule has 5 rings (SSSR count). The standard InChI is InChI=1S/C23H24N4O4S/c24-12-16-15-4-3-7-20(15)32-22(16)25-21(28)14-27-13-19(23(29)26-8-10-30-11-9-26)31-18-6-2-1-5-17(18)27/h1-2,5-6,19H,3-4,7-11,13-14H2,(H,25,28). The smallest absolute Gasteiger partial charge is 0.265 e. The quantitative estimate of drug-likeness (QED) is 0.764. The third-order valence-electron chi connectivity index (χ3n) is 6.08. The molecule has 8 nitrogen and oxygen atoms in total. The Balaban J connectivity index is 1.32. The molecule has 9 heteroatoms. The van der Waals surface area contributed by atoms with Gasteiger partial charge in [0.15, 0.2) is 6.10 Å². The third kappa shape index (κ3) is 3.92. The van der Waals surface area contributed by atoms with Crippen LogP contribution in [-0.2, 0) is 27.2 Å². The summed E-state index contributed by atoms with van der Waals surface area (Å²) in [5.74, 6) is 0.288. The average molecular weight is 453 g/mol. The number of benzene rings is 1. The number of carbonyl (C=O) groups excluding carboxylic acids is 2. The van der Waals surface area contributed by atoms with Crippen LogP contribution in [0.1, 0.15) is 22.4 Å². The molecule has 2 aliphatic heterocycles. The van der Waals surface area contributed by atoms with Crippen molar-refractivity contribution in [3.8, 4) is 11.8 Å². The summed E-state index contributed by atoms with van der Waals surface area (Å²) in [5.41, 5.74) is 2.46. The number of carbonyl (C=O) groups is 2. The highest BCUT2D eigenvalue weighted by atomic mass is 32.1. The SMILES string of the molecule is N#Cc1c(NC(=O)CN2CC(C(=O)N3CCOCC3)Oc3ccccc32)sc2c1CCC2. The van der Waals surface area contributed by atoms with Crippen molar-refractivity contribution in [1.82, 2.24) is 4.90 Å². The number of nitrogens with zero attached hydrogens (tertiary/aromatic N) is 3. The van der Waals surface area contributed by atoms with Crippen LogP contribution in [-0.4, -0.2) is 62.2 Å². The van der Waals surface area contributed by atoms with Crippen LogP contribution in [0.2, 0.25) is 0 Å². The molecule has 1 N–H and O–H groups in total. The minimum absolute atomic E-state index is 0.0701. The van der Waals surface area contributed by atoms with Gasteiger partial charge in [-0.15, -0.1) is 11.3 Å². The first kappa shape index (κ1) is 20.8. The molecule has 0 saturated carbocycles. The van der Waals surface area contributed by atoms with Crippen LogP contribution >= 0.6 is 11.3 Å². The summed E-state index contributed by atoms with van der Waals surface area (Å²) in [6.45, 7) is 2.48. The maximum Gasteiger partial charge on any atom is 0.265 e. The zero-order valence-corrected chi connectivity index (χ0v) is 18.5. The minimum atomic E-state index is -0.684. The van der Waals surface area contributed by atoms with Gasteiger partial charge in [-0.3, -0.25) is 9.59 Å². The van der Waals surface area contributed by atoms with Crippen molar-refractivity contribution in [2.45, 2.75) is 25.4 Å². The van der Waals surface area contributed by atoms with Gasteiger partial charge in [0, 0.05) is 18.0 Å². The van der Waals surface area contributed by atoms with Crippen molar-refractivity contribution < 1.29 is 19.1 Å². The highest BCUT2D eigenvalue weighted by Crippen LogP contribution is 2.39. The van der Waals surface area contributed by atoms with Crippen molar-refractivity contribution >= 4 is 33.8 Å². The zero-order chi connectivity index (χ0) is 22.1. The number of thiophene rings is 1. The fourth-order valence-electron chi connectivity index (χ4n) is 4.52. The first-order chi connectivity index (χ1) is 15.6. The fourth-order valence-corrected chi connectivity index (χ4v) is 5.78. The maximum atomic E-state index is 13.0. The molecule has 1 aromatic carbocycles. The number of ether oxygens (including phenoxy) is 2. The van der Waals surface area contributed by atoms with Crippen LogP contribution in [0.4, 0.5) is 10.7 Å². The number of para-hydroxylation sites is 2. The van der Waals surface area contributed by atoms with E-state index in [1.165, 1.54) is 16.2 Å². The number of morpholine rings is 1. The van der Waals surface area contributed by atoms with Gasteiger partial charge >= 0.3 is 0 Å². The van der Waals surface area contributed by atoms with Crippen LogP contribution in [0.5, 0.6) is 5.75 Å². The Bertz CT molecular complexity index is 1090. The van der Waals surface area contributed by atoms with Crippen LogP contribution in [0.25, 0.3) is 0 Å². The Morgan fingerprint density at radius 3 is 2.84 bits per heavy atom. The van der Waals surface area contributed by atoms with Gasteiger partial charge in [-0.1, -0.05) is 12.1 Å². The van der Waals surface area contributed by atoms with E-state index in [-0.39, 0.29) is 24.9 Å². The molecule has 3 aliphatic rings. The van der Waals surface area contributed by atoms with Gasteiger partial charge < -0.3 is 24.6 Å². The fraction of sp³-hybridized carbons (Fsp3) is 0.435. The number of fused-ring (bicyclic) bond motifs is 2. The average Bonchev–Trinajstić information content (AvgIpc) is 3.39. The lowest BCUT2D eigenvalue weighted by atomic mass is 10.1. The number of hydrogen-bond acceptors (Lipinski definition) is 7. The molecule has 1 saturated heterocycles. The molecule has 0 spiro atoms. The van der Waals surface area contributed by atoms with Gasteiger partial charge in [-0.05, 0) is 37.0 Å². The summed E-state index contributed by atoms with van der Waals surface area (Å²) in [7, 11) is 0. The summed E-state index contributed by atoms with van der Waals surface area (Å²) in [5, 5.41) is 13.2. The van der Waals surface area contributed by atoms with Crippen LogP contribution in [0.3, 0.4) is 0 Å². The van der Waals surface area contributed by atoms with Crippen molar-refractivity contribution in [3.63, 3.8) is 0 Å². The Morgan fingerprint density at radius 1 is 1.22 bits per heavy atom. The molecule has 1 atom stereocenters. The highest BCUT2D eigenvalue weighted by Gasteiger charge is 2.35. The number of nitriles is 1. The number of amides is 2. The van der Waals surface area contributed by atoms with Crippen LogP contribution in [0, 0.1) is 11.3 Å². The van der Waals surface area contributed by atoms with Crippen molar-refractivity contribution in [2.24, 2.45) is 0 Å². The van der Waals surface area contributed by atoms with Gasteiger partial charge in [0.2, 0.25) is 5.91 Å². The Hall–Kier alpha value is -3.09. The van der Waals surface area contributed by atoms with E-state index < -0.39 is 6.10 Å². The van der Waals surface area contributed by atoms with Crippen molar-refractivity contribution in [3.05, 3.63) is 40.3 Å². The molecule has 2 amide bonds. The van der Waals surface area contributed by atoms with E-state index in [1.807, 2.05) is 29.2 Å². The predicted octanol–water partition coefficient (Wildman–Crippen LogP) is 2.17. The van der Waals surface area contributed by atoms with Gasteiger partial charge in [-0.25, -0.2) is 0 Å². The van der Waals surface area contributed by atoms with E-state index in [1.54, 1.807) is 4.90 Å². The Labute approximate surface area is 190 Å². The minimum Gasteiger partial charge on any atom is -0.477 e. The molecule has 1 aliphatic carbocycles. The maximum absolute atomic E-state index is 13.0. The second-order valence-corrected chi connectivity index (χ2v) is 9.22. The van der Waals surface area contributed by atoms with Gasteiger partial charge in [0.05, 0.1) is 37.6 Å². The van der Waals surface area contributed by atoms with E-state index in [0.29, 0.717) is 42.6 Å². The summed E-state index contributed by atoms with van der Waals surface area (Å²) < 4.78 is 11.4. The summed E-state index contributed by atoms with van der Waals surface area (Å²) in [6, 6.07) is 9.70. The molecule has 0 radical (unpaired) electrons. The topological polar surface area (TPSA) is 94.9 Å². The third-order valence-corrected chi connectivity index (χ3v) is 7.29. The highest BCUT2D eigenvalue weighted by molar-refractivity contribution is 7.16. The molecule has 0 bridgehead atoms. The molecule has 166 valence electrons. The van der Waals surface area contributed by atoms with E-state index in [9.17, 15) is 14.9 Å². The second kappa shape index (κ2) is 8.81. The molecular formula is C23H24N4O4S. The molecular weight excluding hydrogens is 428 g/mol. The van der Waals surface area contributed by atoms with Crippen LogP contribution < -0.4 is 15.0 Å². The van der Waals surface area contributed by atoms with E-state index in [0.717, 1.165) is 30.5 Å². The second-order valence-electron chi connectivity index (χ2n) is 8.11. The number of aryl methyl sites for hydroxylation is 1. The Morgan fingerprint density at radius 2 is 2.03 bits per heavy atom. The summed E-state index contributed by atoms with van der Waals surface area (Å²) in [6.07, 6.45) is 2.24.